The first-order valence-electron chi connectivity index (χ1n) is 4.16. The van der Waals surface area contributed by atoms with Crippen molar-refractivity contribution >= 4 is 11.8 Å². The van der Waals surface area contributed by atoms with Gasteiger partial charge in [-0.25, -0.2) is 0 Å². The van der Waals surface area contributed by atoms with Crippen LogP contribution < -0.4 is 0 Å². The summed E-state index contributed by atoms with van der Waals surface area (Å²) in [7, 11) is 0. The van der Waals surface area contributed by atoms with Crippen LogP contribution in [0.1, 0.15) is 18.4 Å². The molecule has 1 unspecified atom stereocenters. The van der Waals surface area contributed by atoms with E-state index in [1.165, 1.54) is 21.8 Å². The van der Waals surface area contributed by atoms with Crippen LogP contribution in [0, 0.1) is 0 Å². The van der Waals surface area contributed by atoms with E-state index in [1.807, 2.05) is 11.8 Å². The monoisotopic (exact) mass is 176 g/mol. The van der Waals surface area contributed by atoms with Crippen LogP contribution in [-0.2, 0) is 0 Å². The van der Waals surface area contributed by atoms with Crippen molar-refractivity contribution in [2.75, 3.05) is 5.75 Å². The molecule has 1 atom stereocenters. The highest BCUT2D eigenvalue weighted by Gasteiger charge is 2.22. The molecule has 0 nitrogen and oxygen atoms in total. The van der Waals surface area contributed by atoms with Gasteiger partial charge in [-0.15, -0.1) is 11.8 Å². The molecule has 1 aromatic carbocycles. The highest BCUT2D eigenvalue weighted by molar-refractivity contribution is 7.99. The normalized spacial score (nSPS) is 20.6. The maximum atomic E-state index is 4.02. The molecule has 0 bridgehead atoms. The lowest BCUT2D eigenvalue weighted by atomic mass is 9.95. The quantitative estimate of drug-likeness (QED) is 0.590. The van der Waals surface area contributed by atoms with Gasteiger partial charge in [0.15, 0.2) is 0 Å². The molecular weight excluding hydrogens is 164 g/mol. The average Bonchev–Trinajstić information content (AvgIpc) is 2.47. The van der Waals surface area contributed by atoms with Gasteiger partial charge in [0.1, 0.15) is 0 Å². The van der Waals surface area contributed by atoms with Crippen molar-refractivity contribution in [1.29, 1.82) is 0 Å². The van der Waals surface area contributed by atoms with Crippen LogP contribution in [0.15, 0.2) is 41.3 Å². The Bertz CT molecular complexity index is 315. The number of hydrogen-bond acceptors (Lipinski definition) is 1. The van der Waals surface area contributed by atoms with Crippen molar-refractivity contribution < 1.29 is 0 Å². The second kappa shape index (κ2) is 2.98. The minimum Gasteiger partial charge on any atom is -0.125 e. The fraction of sp³-hybridized carbons (Fsp3) is 0.273. The Morgan fingerprint density at radius 3 is 3.00 bits per heavy atom. The summed E-state index contributed by atoms with van der Waals surface area (Å²) in [5.41, 5.74) is 2.75. The fourth-order valence-corrected chi connectivity index (χ4v) is 2.93. The first kappa shape index (κ1) is 7.93. The summed E-state index contributed by atoms with van der Waals surface area (Å²) in [6, 6.07) is 8.63. The van der Waals surface area contributed by atoms with Crippen LogP contribution in [0.4, 0.5) is 0 Å². The lowest BCUT2D eigenvalue weighted by molar-refractivity contribution is 0.914. The van der Waals surface area contributed by atoms with Crippen LogP contribution in [0.25, 0.3) is 0 Å². The van der Waals surface area contributed by atoms with E-state index in [1.54, 1.807) is 0 Å². The largest absolute Gasteiger partial charge is 0.125 e. The number of benzene rings is 1. The fourth-order valence-electron chi connectivity index (χ4n) is 1.57. The van der Waals surface area contributed by atoms with Crippen molar-refractivity contribution in [2.24, 2.45) is 0 Å². The molecule has 0 N–H and O–H groups in total. The van der Waals surface area contributed by atoms with Crippen LogP contribution in [-0.4, -0.2) is 5.75 Å². The SMILES string of the molecule is C=C(C)C1CSc2ccccc21. The maximum Gasteiger partial charge on any atom is 0.0148 e. The van der Waals surface area contributed by atoms with Gasteiger partial charge in [-0.2, -0.15) is 0 Å². The molecule has 0 amide bonds. The van der Waals surface area contributed by atoms with Crippen LogP contribution in [0.3, 0.4) is 0 Å². The molecule has 12 heavy (non-hydrogen) atoms. The van der Waals surface area contributed by atoms with Gasteiger partial charge in [-0.3, -0.25) is 0 Å². The Kier molecular flexibility index (Phi) is 1.97. The Labute approximate surface area is 77.7 Å². The predicted octanol–water partition coefficient (Wildman–Crippen LogP) is 3.45. The van der Waals surface area contributed by atoms with Crippen molar-refractivity contribution in [3.63, 3.8) is 0 Å². The van der Waals surface area contributed by atoms with Gasteiger partial charge in [0.2, 0.25) is 0 Å². The zero-order valence-corrected chi connectivity index (χ0v) is 8.03. The van der Waals surface area contributed by atoms with Crippen molar-refractivity contribution in [3.05, 3.63) is 42.0 Å². The lowest BCUT2D eigenvalue weighted by Crippen LogP contribution is -1.96. The number of hydrogen-bond donors (Lipinski definition) is 0. The molecule has 1 aromatic rings. The van der Waals surface area contributed by atoms with Crippen LogP contribution >= 0.6 is 11.8 Å². The predicted molar refractivity (Wildman–Crippen MR) is 54.7 cm³/mol. The number of allylic oxidation sites excluding steroid dienone is 1. The molecule has 2 rings (SSSR count). The van der Waals surface area contributed by atoms with Crippen molar-refractivity contribution in [1.82, 2.24) is 0 Å². The van der Waals surface area contributed by atoms with E-state index >= 15 is 0 Å². The van der Waals surface area contributed by atoms with Crippen molar-refractivity contribution in [3.8, 4) is 0 Å². The molecule has 0 spiro atoms. The van der Waals surface area contributed by atoms with E-state index in [0.717, 1.165) is 0 Å². The molecule has 0 saturated carbocycles. The van der Waals surface area contributed by atoms with Gasteiger partial charge in [0.25, 0.3) is 0 Å². The standard InChI is InChI=1S/C11H12S/c1-8(2)10-7-12-11-6-4-3-5-9(10)11/h3-6,10H,1,7H2,2H3. The molecular formula is C11H12S. The van der Waals surface area contributed by atoms with E-state index in [-0.39, 0.29) is 0 Å². The molecule has 0 aliphatic carbocycles. The summed E-state index contributed by atoms with van der Waals surface area (Å²) in [6.07, 6.45) is 0. The third kappa shape index (κ3) is 1.18. The zero-order chi connectivity index (χ0) is 8.55. The highest BCUT2D eigenvalue weighted by Crippen LogP contribution is 2.42. The lowest BCUT2D eigenvalue weighted by Gasteiger charge is -2.08. The van der Waals surface area contributed by atoms with Gasteiger partial charge in [-0.1, -0.05) is 30.4 Å². The minimum absolute atomic E-state index is 0.589. The topological polar surface area (TPSA) is 0 Å². The van der Waals surface area contributed by atoms with Crippen molar-refractivity contribution in [2.45, 2.75) is 17.7 Å². The van der Waals surface area contributed by atoms with Gasteiger partial charge in [0.05, 0.1) is 0 Å². The van der Waals surface area contributed by atoms with Gasteiger partial charge in [0, 0.05) is 16.6 Å². The Balaban J connectivity index is 2.42. The second-order valence-corrected chi connectivity index (χ2v) is 4.31. The first-order valence-corrected chi connectivity index (χ1v) is 5.14. The van der Waals surface area contributed by atoms with Gasteiger partial charge < -0.3 is 0 Å². The minimum atomic E-state index is 0.589. The first-order chi connectivity index (χ1) is 5.79. The van der Waals surface area contributed by atoms with Gasteiger partial charge >= 0.3 is 0 Å². The van der Waals surface area contributed by atoms with E-state index in [9.17, 15) is 0 Å². The van der Waals surface area contributed by atoms with E-state index in [0.29, 0.717) is 5.92 Å². The smallest absolute Gasteiger partial charge is 0.0148 e. The third-order valence-corrected chi connectivity index (χ3v) is 3.48. The average molecular weight is 176 g/mol. The van der Waals surface area contributed by atoms with E-state index < -0.39 is 0 Å². The summed E-state index contributed by atoms with van der Waals surface area (Å²) in [5.74, 6) is 1.76. The molecule has 1 aliphatic rings. The molecule has 62 valence electrons. The third-order valence-electron chi connectivity index (χ3n) is 2.29. The highest BCUT2D eigenvalue weighted by atomic mass is 32.2. The molecule has 0 aromatic heterocycles. The molecule has 1 heterocycles. The molecule has 0 fully saturated rings. The number of fused-ring (bicyclic) bond motifs is 1. The number of rotatable bonds is 1. The second-order valence-electron chi connectivity index (χ2n) is 3.25. The summed E-state index contributed by atoms with van der Waals surface area (Å²) in [4.78, 5) is 1.44. The summed E-state index contributed by atoms with van der Waals surface area (Å²) in [5, 5.41) is 0. The Morgan fingerprint density at radius 2 is 2.25 bits per heavy atom. The molecule has 1 aliphatic heterocycles. The molecule has 0 radical (unpaired) electrons. The Morgan fingerprint density at radius 1 is 1.50 bits per heavy atom. The number of thioether (sulfide) groups is 1. The summed E-state index contributed by atoms with van der Waals surface area (Å²) in [6.45, 7) is 6.14. The Hall–Kier alpha value is -0.690. The van der Waals surface area contributed by atoms with E-state index in [4.69, 9.17) is 0 Å². The molecule has 0 saturated heterocycles. The van der Waals surface area contributed by atoms with E-state index in [2.05, 4.69) is 37.8 Å². The maximum absolute atomic E-state index is 4.02. The summed E-state index contributed by atoms with van der Waals surface area (Å²) >= 11 is 1.94. The molecule has 1 heteroatoms. The van der Waals surface area contributed by atoms with Crippen LogP contribution in [0.2, 0.25) is 0 Å². The zero-order valence-electron chi connectivity index (χ0n) is 7.21. The summed E-state index contributed by atoms with van der Waals surface area (Å²) < 4.78 is 0. The van der Waals surface area contributed by atoms with Gasteiger partial charge in [-0.05, 0) is 18.6 Å². The van der Waals surface area contributed by atoms with Crippen LogP contribution in [0.5, 0.6) is 0 Å².